The highest BCUT2D eigenvalue weighted by Gasteiger charge is 2.44. The van der Waals surface area contributed by atoms with Gasteiger partial charge in [-0.2, -0.15) is 0 Å². The van der Waals surface area contributed by atoms with E-state index in [0.29, 0.717) is 18.5 Å². The number of carbonyl (C=O) groups excluding carboxylic acids is 1. The van der Waals surface area contributed by atoms with E-state index in [4.69, 9.17) is 0 Å². The van der Waals surface area contributed by atoms with Gasteiger partial charge in [0.15, 0.2) is 0 Å². The fraction of sp³-hybridized carbons (Fsp3) is 0.429. The Kier molecular flexibility index (Phi) is 4.32. The van der Waals surface area contributed by atoms with Crippen LogP contribution in [0.1, 0.15) is 24.8 Å². The molecular formula is C14H17BrN2O3. The van der Waals surface area contributed by atoms with Crippen molar-refractivity contribution in [2.24, 2.45) is 5.41 Å². The molecule has 0 atom stereocenters. The van der Waals surface area contributed by atoms with Crippen molar-refractivity contribution in [3.8, 4) is 0 Å². The summed E-state index contributed by atoms with van der Waals surface area (Å²) in [5.41, 5.74) is 0.859. The van der Waals surface area contributed by atoms with Crippen molar-refractivity contribution >= 4 is 33.6 Å². The second kappa shape index (κ2) is 5.83. The average molecular weight is 341 g/mol. The Labute approximate surface area is 125 Å². The van der Waals surface area contributed by atoms with Crippen LogP contribution in [0.15, 0.2) is 22.7 Å². The van der Waals surface area contributed by atoms with E-state index >= 15 is 0 Å². The average Bonchev–Trinajstić information content (AvgIpc) is 2.33. The van der Waals surface area contributed by atoms with Gasteiger partial charge in [-0.15, -0.1) is 0 Å². The number of aliphatic carboxylic acids is 1. The maximum atomic E-state index is 11.9. The van der Waals surface area contributed by atoms with Gasteiger partial charge >= 0.3 is 12.0 Å². The zero-order valence-electron chi connectivity index (χ0n) is 11.2. The summed E-state index contributed by atoms with van der Waals surface area (Å²) in [7, 11) is 0. The lowest BCUT2D eigenvalue weighted by Crippen LogP contribution is -2.48. The van der Waals surface area contributed by atoms with E-state index in [1.54, 1.807) is 6.07 Å². The lowest BCUT2D eigenvalue weighted by Gasteiger charge is -2.37. The van der Waals surface area contributed by atoms with Crippen LogP contribution in [0.2, 0.25) is 0 Å². The second-order valence-electron chi connectivity index (χ2n) is 5.16. The van der Waals surface area contributed by atoms with E-state index in [0.717, 1.165) is 16.5 Å². The number of carboxylic acid groups (broad SMARTS) is 1. The number of hydrogen-bond acceptors (Lipinski definition) is 2. The molecule has 0 bridgehead atoms. The highest BCUT2D eigenvalue weighted by atomic mass is 79.9. The van der Waals surface area contributed by atoms with E-state index in [1.165, 1.54) is 0 Å². The summed E-state index contributed by atoms with van der Waals surface area (Å²) in [6, 6.07) is 5.15. The molecule has 108 valence electrons. The van der Waals surface area contributed by atoms with Crippen LogP contribution in [0.25, 0.3) is 0 Å². The van der Waals surface area contributed by atoms with Crippen molar-refractivity contribution in [2.45, 2.75) is 26.2 Å². The molecule has 2 rings (SSSR count). The molecule has 0 aliphatic heterocycles. The smallest absolute Gasteiger partial charge is 0.319 e. The molecule has 0 radical (unpaired) electrons. The molecule has 0 spiro atoms. The number of benzene rings is 1. The van der Waals surface area contributed by atoms with E-state index in [1.807, 2.05) is 19.1 Å². The summed E-state index contributed by atoms with van der Waals surface area (Å²) in [6.07, 6.45) is 2.15. The molecule has 2 amide bonds. The van der Waals surface area contributed by atoms with Gasteiger partial charge in [0, 0.05) is 16.7 Å². The molecule has 1 aromatic carbocycles. The molecule has 1 saturated carbocycles. The highest BCUT2D eigenvalue weighted by molar-refractivity contribution is 9.10. The van der Waals surface area contributed by atoms with E-state index in [2.05, 4.69) is 26.6 Å². The molecule has 1 aliphatic rings. The summed E-state index contributed by atoms with van der Waals surface area (Å²) in [4.78, 5) is 23.1. The fourth-order valence-corrected chi connectivity index (χ4v) is 2.59. The number of anilines is 1. The molecule has 0 heterocycles. The third-order valence-corrected chi connectivity index (χ3v) is 4.73. The van der Waals surface area contributed by atoms with Gasteiger partial charge in [0.25, 0.3) is 0 Å². The highest BCUT2D eigenvalue weighted by Crippen LogP contribution is 2.40. The lowest BCUT2D eigenvalue weighted by molar-refractivity contribution is -0.153. The minimum Gasteiger partial charge on any atom is -0.481 e. The number of amides is 2. The zero-order chi connectivity index (χ0) is 14.8. The molecule has 1 fully saturated rings. The molecule has 6 heteroatoms. The number of hydrogen-bond donors (Lipinski definition) is 3. The predicted molar refractivity (Wildman–Crippen MR) is 79.8 cm³/mol. The Morgan fingerprint density at radius 3 is 2.65 bits per heavy atom. The van der Waals surface area contributed by atoms with Gasteiger partial charge in [-0.05, 0) is 37.5 Å². The number of carboxylic acids is 1. The van der Waals surface area contributed by atoms with Crippen LogP contribution in [-0.2, 0) is 4.79 Å². The number of halogens is 1. The van der Waals surface area contributed by atoms with Crippen LogP contribution in [-0.4, -0.2) is 23.7 Å². The monoisotopic (exact) mass is 340 g/mol. The van der Waals surface area contributed by atoms with Gasteiger partial charge in [-0.1, -0.05) is 28.4 Å². The first kappa shape index (κ1) is 14.8. The van der Waals surface area contributed by atoms with Crippen molar-refractivity contribution in [3.05, 3.63) is 28.2 Å². The summed E-state index contributed by atoms with van der Waals surface area (Å²) in [6.45, 7) is 2.06. The number of nitrogens with one attached hydrogen (secondary N) is 2. The first-order chi connectivity index (χ1) is 9.44. The Hall–Kier alpha value is -1.56. The Bertz CT molecular complexity index is 541. The van der Waals surface area contributed by atoms with Crippen molar-refractivity contribution in [1.82, 2.24) is 5.32 Å². The van der Waals surface area contributed by atoms with Crippen molar-refractivity contribution in [1.29, 1.82) is 0 Å². The van der Waals surface area contributed by atoms with Gasteiger partial charge in [0.2, 0.25) is 0 Å². The summed E-state index contributed by atoms with van der Waals surface area (Å²) in [5.74, 6) is -0.831. The van der Waals surface area contributed by atoms with Crippen LogP contribution in [0.4, 0.5) is 10.5 Å². The molecule has 0 unspecified atom stereocenters. The van der Waals surface area contributed by atoms with Gasteiger partial charge in [-0.25, -0.2) is 4.79 Å². The first-order valence-electron chi connectivity index (χ1n) is 6.48. The minimum atomic E-state index is -0.831. The Morgan fingerprint density at radius 1 is 1.40 bits per heavy atom. The maximum Gasteiger partial charge on any atom is 0.319 e. The second-order valence-corrected chi connectivity index (χ2v) is 6.01. The molecule has 1 aliphatic carbocycles. The van der Waals surface area contributed by atoms with E-state index in [-0.39, 0.29) is 12.6 Å². The van der Waals surface area contributed by atoms with Crippen LogP contribution in [0.3, 0.4) is 0 Å². The van der Waals surface area contributed by atoms with Crippen LogP contribution < -0.4 is 10.6 Å². The predicted octanol–water partition coefficient (Wildman–Crippen LogP) is 3.13. The Balaban J connectivity index is 1.93. The minimum absolute atomic E-state index is 0.168. The number of urea groups is 1. The zero-order valence-corrected chi connectivity index (χ0v) is 12.8. The first-order valence-corrected chi connectivity index (χ1v) is 7.27. The van der Waals surface area contributed by atoms with E-state index < -0.39 is 11.4 Å². The van der Waals surface area contributed by atoms with Gasteiger partial charge < -0.3 is 15.7 Å². The summed E-state index contributed by atoms with van der Waals surface area (Å²) < 4.78 is 0.913. The topological polar surface area (TPSA) is 78.4 Å². The van der Waals surface area contributed by atoms with Crippen molar-refractivity contribution in [2.75, 3.05) is 11.9 Å². The third-order valence-electron chi connectivity index (χ3n) is 3.87. The van der Waals surface area contributed by atoms with Gasteiger partial charge in [0.05, 0.1) is 5.41 Å². The standard InChI is InChI=1S/C14H17BrN2O3/c1-9-10(15)4-2-5-11(9)17-13(20)16-8-14(12(18)19)6-3-7-14/h2,4-5H,3,6-8H2,1H3,(H,18,19)(H2,16,17,20). The summed E-state index contributed by atoms with van der Waals surface area (Å²) in [5, 5.41) is 14.6. The molecule has 20 heavy (non-hydrogen) atoms. The van der Waals surface area contributed by atoms with Gasteiger partial charge in [-0.3, -0.25) is 4.79 Å². The SMILES string of the molecule is Cc1c(Br)cccc1NC(=O)NCC1(C(=O)O)CCC1. The van der Waals surface area contributed by atoms with Crippen molar-refractivity contribution in [3.63, 3.8) is 0 Å². The van der Waals surface area contributed by atoms with Gasteiger partial charge in [0.1, 0.15) is 0 Å². The van der Waals surface area contributed by atoms with Crippen LogP contribution >= 0.6 is 15.9 Å². The fourth-order valence-electron chi connectivity index (χ4n) is 2.23. The normalized spacial score (nSPS) is 16.1. The molecule has 1 aromatic rings. The summed E-state index contributed by atoms with van der Waals surface area (Å²) >= 11 is 3.40. The van der Waals surface area contributed by atoms with Crippen molar-refractivity contribution < 1.29 is 14.7 Å². The molecule has 0 aromatic heterocycles. The lowest BCUT2D eigenvalue weighted by atomic mass is 9.69. The maximum absolute atomic E-state index is 11.9. The molecular weight excluding hydrogens is 324 g/mol. The number of carbonyl (C=O) groups is 2. The van der Waals surface area contributed by atoms with Crippen LogP contribution in [0.5, 0.6) is 0 Å². The van der Waals surface area contributed by atoms with E-state index in [9.17, 15) is 14.7 Å². The Morgan fingerprint density at radius 2 is 2.10 bits per heavy atom. The third kappa shape index (κ3) is 2.95. The largest absolute Gasteiger partial charge is 0.481 e. The number of rotatable bonds is 4. The quantitative estimate of drug-likeness (QED) is 0.787. The molecule has 5 nitrogen and oxygen atoms in total. The molecule has 3 N–H and O–H groups in total. The molecule has 0 saturated heterocycles. The van der Waals surface area contributed by atoms with Crippen LogP contribution in [0, 0.1) is 12.3 Å².